The van der Waals surface area contributed by atoms with Crippen molar-refractivity contribution in [3.63, 3.8) is 0 Å². The second-order valence-electron chi connectivity index (χ2n) is 8.48. The summed E-state index contributed by atoms with van der Waals surface area (Å²) in [4.78, 5) is 17.3. The molecule has 0 radical (unpaired) electrons. The van der Waals surface area contributed by atoms with Gasteiger partial charge in [0, 0.05) is 37.4 Å². The lowest BCUT2D eigenvalue weighted by Gasteiger charge is -2.37. The fourth-order valence-corrected chi connectivity index (χ4v) is 4.42. The zero-order valence-corrected chi connectivity index (χ0v) is 21.3. The predicted octanol–water partition coefficient (Wildman–Crippen LogP) is 5.05. The number of ether oxygens (including phenoxy) is 2. The molecule has 4 rings (SSSR count). The van der Waals surface area contributed by atoms with Gasteiger partial charge in [-0.15, -0.1) is 0 Å². The van der Waals surface area contributed by atoms with Crippen LogP contribution in [0, 0.1) is 12.7 Å². The van der Waals surface area contributed by atoms with Crippen LogP contribution in [0.3, 0.4) is 0 Å². The highest BCUT2D eigenvalue weighted by Crippen LogP contribution is 2.30. The Bertz CT molecular complexity index is 1230. The van der Waals surface area contributed by atoms with Gasteiger partial charge in [0.2, 0.25) is 0 Å². The molecule has 1 aliphatic rings. The number of carbonyl (C=O) groups is 1. The first kappa shape index (κ1) is 25.4. The second kappa shape index (κ2) is 11.9. The summed E-state index contributed by atoms with van der Waals surface area (Å²) < 4.78 is 25.7. The highest BCUT2D eigenvalue weighted by molar-refractivity contribution is 7.80. The lowest BCUT2D eigenvalue weighted by atomic mass is 10.1. The Morgan fingerprint density at radius 1 is 0.972 bits per heavy atom. The minimum absolute atomic E-state index is 0.143. The third-order valence-electron chi connectivity index (χ3n) is 6.03. The zero-order valence-electron chi connectivity index (χ0n) is 20.5. The van der Waals surface area contributed by atoms with Crippen LogP contribution >= 0.6 is 12.2 Å². The molecule has 1 saturated heterocycles. The topological polar surface area (TPSA) is 54.0 Å². The number of thiocarbonyl (C=S) groups is 1. The molecule has 6 nitrogen and oxygen atoms in total. The highest BCUT2D eigenvalue weighted by Gasteiger charge is 2.22. The summed E-state index contributed by atoms with van der Waals surface area (Å²) in [6.45, 7) is 6.86. The summed E-state index contributed by atoms with van der Waals surface area (Å²) in [7, 11) is 0. The summed E-state index contributed by atoms with van der Waals surface area (Å²) in [5.74, 6) is 0.552. The number of piperazine rings is 1. The molecule has 0 atom stereocenters. The first-order chi connectivity index (χ1) is 17.5. The quantitative estimate of drug-likeness (QED) is 0.431. The van der Waals surface area contributed by atoms with E-state index in [-0.39, 0.29) is 18.3 Å². The molecule has 8 heteroatoms. The van der Waals surface area contributed by atoms with Crippen LogP contribution < -0.4 is 19.7 Å². The van der Waals surface area contributed by atoms with Gasteiger partial charge in [-0.3, -0.25) is 4.79 Å². The van der Waals surface area contributed by atoms with Gasteiger partial charge in [0.15, 0.2) is 18.1 Å². The SMILES string of the molecule is CCOc1cc(C(=S)N2CCN(c3ccccc3F)CC2)ccc1OCC(=O)Nc1ccccc1C. The Labute approximate surface area is 216 Å². The number of hydrogen-bond acceptors (Lipinski definition) is 5. The van der Waals surface area contributed by atoms with Gasteiger partial charge in [-0.2, -0.15) is 0 Å². The molecule has 188 valence electrons. The van der Waals surface area contributed by atoms with Crippen LogP contribution in [0.5, 0.6) is 11.5 Å². The molecule has 0 aliphatic carbocycles. The van der Waals surface area contributed by atoms with Gasteiger partial charge < -0.3 is 24.6 Å². The fourth-order valence-electron chi connectivity index (χ4n) is 4.11. The van der Waals surface area contributed by atoms with Crippen molar-refractivity contribution in [2.75, 3.05) is 49.6 Å². The summed E-state index contributed by atoms with van der Waals surface area (Å²) >= 11 is 5.77. The first-order valence-electron chi connectivity index (χ1n) is 12.0. The van der Waals surface area contributed by atoms with Crippen molar-refractivity contribution >= 4 is 34.5 Å². The van der Waals surface area contributed by atoms with Crippen LogP contribution in [0.1, 0.15) is 18.1 Å². The third-order valence-corrected chi connectivity index (χ3v) is 6.52. The van der Waals surface area contributed by atoms with Crippen molar-refractivity contribution in [1.82, 2.24) is 4.90 Å². The molecule has 1 N–H and O–H groups in total. The number of benzene rings is 3. The maximum absolute atomic E-state index is 14.2. The van der Waals surface area contributed by atoms with E-state index in [0.29, 0.717) is 55.0 Å². The van der Waals surface area contributed by atoms with E-state index in [1.165, 1.54) is 6.07 Å². The monoisotopic (exact) mass is 507 g/mol. The van der Waals surface area contributed by atoms with Crippen LogP contribution in [0.2, 0.25) is 0 Å². The normalized spacial score (nSPS) is 13.3. The van der Waals surface area contributed by atoms with E-state index in [1.807, 2.05) is 61.2 Å². The average Bonchev–Trinajstić information content (AvgIpc) is 2.89. The van der Waals surface area contributed by atoms with Gasteiger partial charge in [0.1, 0.15) is 10.8 Å². The maximum Gasteiger partial charge on any atom is 0.262 e. The van der Waals surface area contributed by atoms with Gasteiger partial charge in [-0.1, -0.05) is 42.5 Å². The van der Waals surface area contributed by atoms with Crippen molar-refractivity contribution in [2.45, 2.75) is 13.8 Å². The maximum atomic E-state index is 14.2. The van der Waals surface area contributed by atoms with Crippen LogP contribution in [-0.4, -0.2) is 55.2 Å². The Kier molecular flexibility index (Phi) is 8.38. The molecule has 0 aromatic heterocycles. The Hall–Kier alpha value is -3.65. The van der Waals surface area contributed by atoms with Gasteiger partial charge >= 0.3 is 0 Å². The molecule has 1 aliphatic heterocycles. The number of rotatable bonds is 8. The van der Waals surface area contributed by atoms with E-state index >= 15 is 0 Å². The summed E-state index contributed by atoms with van der Waals surface area (Å²) in [5.41, 5.74) is 3.19. The number of nitrogens with zero attached hydrogens (tertiary/aromatic N) is 2. The van der Waals surface area contributed by atoms with Crippen molar-refractivity contribution in [3.8, 4) is 11.5 Å². The number of nitrogens with one attached hydrogen (secondary N) is 1. The molecule has 3 aromatic rings. The molecule has 0 spiro atoms. The number of aryl methyl sites for hydroxylation is 1. The van der Waals surface area contributed by atoms with Crippen molar-refractivity contribution in [1.29, 1.82) is 0 Å². The molecule has 1 amide bonds. The predicted molar refractivity (Wildman–Crippen MR) is 145 cm³/mol. The Morgan fingerprint density at radius 3 is 2.42 bits per heavy atom. The average molecular weight is 508 g/mol. The van der Waals surface area contributed by atoms with Crippen LogP contribution in [0.25, 0.3) is 0 Å². The lowest BCUT2D eigenvalue weighted by molar-refractivity contribution is -0.118. The van der Waals surface area contributed by atoms with Crippen LogP contribution in [0.4, 0.5) is 15.8 Å². The molecule has 3 aromatic carbocycles. The minimum Gasteiger partial charge on any atom is -0.490 e. The third kappa shape index (κ3) is 6.12. The molecular weight excluding hydrogens is 477 g/mol. The summed E-state index contributed by atoms with van der Waals surface area (Å²) in [5, 5.41) is 2.86. The molecule has 0 unspecified atom stereocenters. The van der Waals surface area contributed by atoms with Crippen molar-refractivity contribution in [2.24, 2.45) is 0 Å². The molecule has 1 fully saturated rings. The minimum atomic E-state index is -0.251. The smallest absolute Gasteiger partial charge is 0.262 e. The molecule has 36 heavy (non-hydrogen) atoms. The summed E-state index contributed by atoms with van der Waals surface area (Å²) in [6.07, 6.45) is 0. The lowest BCUT2D eigenvalue weighted by Crippen LogP contribution is -2.48. The van der Waals surface area contributed by atoms with Gasteiger partial charge in [0.25, 0.3) is 5.91 Å². The number of para-hydroxylation sites is 2. The number of hydrogen-bond donors (Lipinski definition) is 1. The van der Waals surface area contributed by atoms with Crippen molar-refractivity contribution in [3.05, 3.63) is 83.7 Å². The van der Waals surface area contributed by atoms with E-state index in [4.69, 9.17) is 21.7 Å². The largest absolute Gasteiger partial charge is 0.490 e. The van der Waals surface area contributed by atoms with Crippen LogP contribution in [-0.2, 0) is 4.79 Å². The zero-order chi connectivity index (χ0) is 25.5. The van der Waals surface area contributed by atoms with E-state index in [2.05, 4.69) is 10.2 Å². The fraction of sp³-hybridized carbons (Fsp3) is 0.286. The standard InChI is InChI=1S/C28H30FN3O3S/c1-3-34-26-18-21(12-13-25(26)35-19-27(33)30-23-10-6-4-8-20(23)2)28(36)32-16-14-31(15-17-32)24-11-7-5-9-22(24)29/h4-13,18H,3,14-17,19H2,1-2H3,(H,30,33). The van der Waals surface area contributed by atoms with E-state index in [1.54, 1.807) is 18.2 Å². The first-order valence-corrected chi connectivity index (χ1v) is 12.4. The Morgan fingerprint density at radius 2 is 1.69 bits per heavy atom. The van der Waals surface area contributed by atoms with E-state index in [9.17, 15) is 9.18 Å². The number of amides is 1. The Balaban J connectivity index is 1.38. The second-order valence-corrected chi connectivity index (χ2v) is 8.86. The van der Waals surface area contributed by atoms with Crippen LogP contribution in [0.15, 0.2) is 66.7 Å². The number of carbonyl (C=O) groups excluding carboxylic acids is 1. The molecule has 1 heterocycles. The van der Waals surface area contributed by atoms with Gasteiger partial charge in [0.05, 0.1) is 12.3 Å². The van der Waals surface area contributed by atoms with E-state index < -0.39 is 0 Å². The molecule has 0 saturated carbocycles. The number of anilines is 2. The number of halogens is 1. The molecule has 0 bridgehead atoms. The van der Waals surface area contributed by atoms with Crippen molar-refractivity contribution < 1.29 is 18.7 Å². The van der Waals surface area contributed by atoms with Gasteiger partial charge in [-0.05, 0) is 55.8 Å². The van der Waals surface area contributed by atoms with Gasteiger partial charge in [-0.25, -0.2) is 4.39 Å². The summed E-state index contributed by atoms with van der Waals surface area (Å²) in [6, 6.07) is 19.9. The molecular formula is C28H30FN3O3S. The highest BCUT2D eigenvalue weighted by atomic mass is 32.1. The van der Waals surface area contributed by atoms with E-state index in [0.717, 1.165) is 16.8 Å².